The van der Waals surface area contributed by atoms with Gasteiger partial charge in [0.1, 0.15) is 0 Å². The van der Waals surface area contributed by atoms with E-state index >= 15 is 0 Å². The second-order valence-electron chi connectivity index (χ2n) is 10.6. The van der Waals surface area contributed by atoms with Crippen LogP contribution >= 0.6 is 22.7 Å². The van der Waals surface area contributed by atoms with Gasteiger partial charge in [-0.25, -0.2) is 0 Å². The summed E-state index contributed by atoms with van der Waals surface area (Å²) in [7, 11) is 0. The van der Waals surface area contributed by atoms with E-state index in [1.54, 1.807) is 0 Å². The fourth-order valence-corrected chi connectivity index (χ4v) is 8.61. The number of benzene rings is 4. The minimum atomic E-state index is 0.321. The number of rotatable bonds is 6. The molecule has 4 nitrogen and oxygen atoms in total. The molecule has 4 aromatic carbocycles. The van der Waals surface area contributed by atoms with Crippen molar-refractivity contribution in [2.45, 2.75) is 25.7 Å². The molecule has 196 valence electrons. The van der Waals surface area contributed by atoms with Gasteiger partial charge in [-0.1, -0.05) is 36.4 Å². The van der Waals surface area contributed by atoms with E-state index in [0.717, 1.165) is 48.7 Å². The van der Waals surface area contributed by atoms with E-state index in [9.17, 15) is 0 Å². The molecule has 9 rings (SSSR count). The zero-order valence-electron chi connectivity index (χ0n) is 21.6. The van der Waals surface area contributed by atoms with Crippen molar-refractivity contribution in [1.29, 1.82) is 0 Å². The average molecular weight is 561 g/mol. The van der Waals surface area contributed by atoms with Gasteiger partial charge in [-0.3, -0.25) is 0 Å². The molecular formula is C34H24O4S2. The maximum Gasteiger partial charge on any atom is 0.231 e. The lowest BCUT2D eigenvalue weighted by Crippen LogP contribution is -1.98. The first-order chi connectivity index (χ1) is 19.8. The first-order valence-electron chi connectivity index (χ1n) is 13.7. The molecule has 0 bridgehead atoms. The Hall–Kier alpha value is -4.00. The highest BCUT2D eigenvalue weighted by atomic mass is 32.1. The number of hydrogen-bond acceptors (Lipinski definition) is 6. The highest BCUT2D eigenvalue weighted by molar-refractivity contribution is 7.20. The molecule has 0 atom stereocenters. The molecule has 6 aromatic rings. The van der Waals surface area contributed by atoms with E-state index in [1.807, 2.05) is 34.8 Å². The predicted octanol–water partition coefficient (Wildman–Crippen LogP) is 8.79. The standard InChI is InChI=1S/C34H24O4S2/c1(19-3-11-27-29(13-19)37-17-35-27)7-23-15-21-5-9-25-31(33(21)39-23)26-10-6-22-16-24(40-34(22)32(25)26)8-2-20-4-12-28-30(14-20)38-18-36-28/h3-6,9-16H,1-2,7-8,17-18H2. The summed E-state index contributed by atoms with van der Waals surface area (Å²) in [5, 5.41) is 2.71. The maximum atomic E-state index is 5.56. The van der Waals surface area contributed by atoms with Gasteiger partial charge in [0.05, 0.1) is 0 Å². The quantitative estimate of drug-likeness (QED) is 0.204. The predicted molar refractivity (Wildman–Crippen MR) is 162 cm³/mol. The molecule has 1 aliphatic carbocycles. The van der Waals surface area contributed by atoms with Crippen LogP contribution in [-0.2, 0) is 25.7 Å². The molecule has 4 heterocycles. The largest absolute Gasteiger partial charge is 0.454 e. The molecule has 0 spiro atoms. The van der Waals surface area contributed by atoms with Crippen LogP contribution in [0, 0.1) is 0 Å². The van der Waals surface area contributed by atoms with Crippen LogP contribution in [0.4, 0.5) is 0 Å². The molecule has 2 aliphatic heterocycles. The zero-order valence-corrected chi connectivity index (χ0v) is 23.3. The molecule has 0 N–H and O–H groups in total. The Morgan fingerprint density at radius 2 is 0.950 bits per heavy atom. The van der Waals surface area contributed by atoms with Crippen LogP contribution < -0.4 is 18.9 Å². The fourth-order valence-electron chi connectivity index (χ4n) is 6.18. The molecule has 0 radical (unpaired) electrons. The van der Waals surface area contributed by atoms with Crippen LogP contribution in [0.1, 0.15) is 20.9 Å². The first kappa shape index (κ1) is 22.8. The number of aryl methyl sites for hydroxylation is 4. The Kier molecular flexibility index (Phi) is 4.98. The summed E-state index contributed by atoms with van der Waals surface area (Å²) in [5.41, 5.74) is 8.25. The van der Waals surface area contributed by atoms with Crippen molar-refractivity contribution in [3.05, 3.63) is 93.7 Å². The van der Waals surface area contributed by atoms with Gasteiger partial charge in [-0.05, 0) is 95.1 Å². The number of thiophene rings is 2. The summed E-state index contributed by atoms with van der Waals surface area (Å²) < 4.78 is 24.9. The van der Waals surface area contributed by atoms with Gasteiger partial charge in [-0.2, -0.15) is 0 Å². The molecule has 0 saturated carbocycles. The third-order valence-corrected chi connectivity index (χ3v) is 10.7. The zero-order chi connectivity index (χ0) is 26.2. The van der Waals surface area contributed by atoms with Crippen LogP contribution in [0.2, 0.25) is 0 Å². The van der Waals surface area contributed by atoms with Crippen molar-refractivity contribution in [3.8, 4) is 45.3 Å². The van der Waals surface area contributed by atoms with Crippen molar-refractivity contribution >= 4 is 42.8 Å². The Morgan fingerprint density at radius 1 is 0.475 bits per heavy atom. The van der Waals surface area contributed by atoms with Crippen LogP contribution in [-0.4, -0.2) is 13.6 Å². The second kappa shape index (κ2) is 8.75. The van der Waals surface area contributed by atoms with Crippen molar-refractivity contribution in [3.63, 3.8) is 0 Å². The van der Waals surface area contributed by atoms with Crippen molar-refractivity contribution in [1.82, 2.24) is 0 Å². The summed E-state index contributed by atoms with van der Waals surface area (Å²) in [6.07, 6.45) is 4.04. The molecule has 6 heteroatoms. The van der Waals surface area contributed by atoms with Gasteiger partial charge in [0, 0.05) is 30.3 Å². The molecule has 0 amide bonds. The summed E-state index contributed by atoms with van der Waals surface area (Å²) in [6.45, 7) is 0.643. The second-order valence-corrected chi connectivity index (χ2v) is 12.9. The molecular weight excluding hydrogens is 537 g/mol. The normalized spacial score (nSPS) is 14.0. The lowest BCUT2D eigenvalue weighted by Gasteiger charge is -2.25. The smallest absolute Gasteiger partial charge is 0.231 e. The van der Waals surface area contributed by atoms with E-state index in [2.05, 4.69) is 60.7 Å². The third-order valence-electron chi connectivity index (χ3n) is 8.21. The molecule has 40 heavy (non-hydrogen) atoms. The van der Waals surface area contributed by atoms with Gasteiger partial charge in [0.25, 0.3) is 0 Å². The Labute approximate surface area is 239 Å². The minimum Gasteiger partial charge on any atom is -0.454 e. The van der Waals surface area contributed by atoms with Gasteiger partial charge in [-0.15, -0.1) is 22.7 Å². The number of ether oxygens (including phenoxy) is 4. The maximum absolute atomic E-state index is 5.56. The van der Waals surface area contributed by atoms with Crippen molar-refractivity contribution in [2.24, 2.45) is 0 Å². The van der Waals surface area contributed by atoms with E-state index < -0.39 is 0 Å². The van der Waals surface area contributed by atoms with Crippen molar-refractivity contribution in [2.75, 3.05) is 13.6 Å². The van der Waals surface area contributed by atoms with E-state index in [1.165, 1.54) is 63.3 Å². The Morgan fingerprint density at radius 3 is 1.45 bits per heavy atom. The molecule has 2 aromatic heterocycles. The molecule has 0 fully saturated rings. The van der Waals surface area contributed by atoms with Crippen LogP contribution in [0.15, 0.2) is 72.8 Å². The van der Waals surface area contributed by atoms with Crippen molar-refractivity contribution < 1.29 is 18.9 Å². The summed E-state index contributed by atoms with van der Waals surface area (Å²) >= 11 is 3.90. The Bertz CT molecular complexity index is 1820. The SMILES string of the molecule is c1cc2c(cc1CCc1cc3ccc4c(c3s1)-c1ccc3cc(CCc5ccc6c(c5)OCO6)sc3c1-4)OCO2. The van der Waals surface area contributed by atoms with E-state index in [4.69, 9.17) is 18.9 Å². The number of hydrogen-bond donors (Lipinski definition) is 0. The lowest BCUT2D eigenvalue weighted by molar-refractivity contribution is 0.173. The van der Waals surface area contributed by atoms with Crippen LogP contribution in [0.3, 0.4) is 0 Å². The molecule has 0 unspecified atom stereocenters. The summed E-state index contributed by atoms with van der Waals surface area (Å²) in [5.74, 6) is 3.42. The molecule has 0 saturated heterocycles. The topological polar surface area (TPSA) is 36.9 Å². The number of fused-ring (bicyclic) bond motifs is 10. The lowest BCUT2D eigenvalue weighted by atomic mass is 9.79. The highest BCUT2D eigenvalue weighted by Gasteiger charge is 2.28. The van der Waals surface area contributed by atoms with Crippen LogP contribution in [0.25, 0.3) is 42.4 Å². The third kappa shape index (κ3) is 3.56. The average Bonchev–Trinajstić information content (AvgIpc) is 3.76. The fraction of sp³-hybridized carbons (Fsp3) is 0.176. The van der Waals surface area contributed by atoms with Gasteiger partial charge in [0.2, 0.25) is 13.6 Å². The summed E-state index contributed by atoms with van der Waals surface area (Å²) in [6, 6.07) is 26.6. The van der Waals surface area contributed by atoms with E-state index in [-0.39, 0.29) is 0 Å². The Balaban J connectivity index is 0.970. The monoisotopic (exact) mass is 560 g/mol. The highest BCUT2D eigenvalue weighted by Crippen LogP contribution is 2.56. The van der Waals surface area contributed by atoms with Gasteiger partial charge in [0.15, 0.2) is 23.0 Å². The van der Waals surface area contributed by atoms with E-state index in [0.29, 0.717) is 13.6 Å². The molecule has 3 aliphatic rings. The summed E-state index contributed by atoms with van der Waals surface area (Å²) in [4.78, 5) is 2.86. The van der Waals surface area contributed by atoms with Gasteiger partial charge >= 0.3 is 0 Å². The van der Waals surface area contributed by atoms with Crippen LogP contribution in [0.5, 0.6) is 23.0 Å². The first-order valence-corrected chi connectivity index (χ1v) is 15.3. The minimum absolute atomic E-state index is 0.321. The van der Waals surface area contributed by atoms with Gasteiger partial charge < -0.3 is 18.9 Å².